The molecule has 1 aromatic carbocycles. The fourth-order valence-electron chi connectivity index (χ4n) is 2.18. The first-order chi connectivity index (χ1) is 7.79. The highest BCUT2D eigenvalue weighted by Crippen LogP contribution is 2.35. The largest absolute Gasteiger partial charge is 0.192 e. The molecule has 1 aliphatic rings. The second kappa shape index (κ2) is 5.41. The molecule has 1 saturated carbocycles. The molecule has 0 unspecified atom stereocenters. The maximum Gasteiger partial charge on any atom is 0.100 e. The summed E-state index contributed by atoms with van der Waals surface area (Å²) in [6.07, 6.45) is 6.71. The lowest BCUT2D eigenvalue weighted by Gasteiger charge is -2.21. The van der Waals surface area contributed by atoms with Crippen molar-refractivity contribution >= 4 is 11.8 Å². The van der Waals surface area contributed by atoms with E-state index in [2.05, 4.69) is 19.1 Å². The van der Waals surface area contributed by atoms with Crippen molar-refractivity contribution in [2.24, 2.45) is 0 Å². The minimum atomic E-state index is 0.725. The van der Waals surface area contributed by atoms with E-state index in [1.54, 1.807) is 0 Å². The van der Waals surface area contributed by atoms with Crippen LogP contribution in [0.5, 0.6) is 0 Å². The molecule has 0 bridgehead atoms. The third kappa shape index (κ3) is 2.80. The summed E-state index contributed by atoms with van der Waals surface area (Å²) in [4.78, 5) is 1.18. The maximum absolute atomic E-state index is 9.08. The second-order valence-corrected chi connectivity index (χ2v) is 5.83. The van der Waals surface area contributed by atoms with Crippen LogP contribution in [-0.2, 0) is 0 Å². The summed E-state index contributed by atoms with van der Waals surface area (Å²) in [5, 5.41) is 9.80. The molecule has 84 valence electrons. The van der Waals surface area contributed by atoms with E-state index in [9.17, 15) is 0 Å². The van der Waals surface area contributed by atoms with Gasteiger partial charge in [-0.1, -0.05) is 25.3 Å². The third-order valence-corrected chi connectivity index (χ3v) is 4.50. The van der Waals surface area contributed by atoms with Crippen molar-refractivity contribution in [1.82, 2.24) is 0 Å². The van der Waals surface area contributed by atoms with Crippen molar-refractivity contribution < 1.29 is 0 Å². The van der Waals surface area contributed by atoms with Crippen LogP contribution in [-0.4, -0.2) is 5.25 Å². The second-order valence-electron chi connectivity index (χ2n) is 4.49. The van der Waals surface area contributed by atoms with Crippen LogP contribution in [0.15, 0.2) is 23.1 Å². The Hall–Kier alpha value is -0.940. The quantitative estimate of drug-likeness (QED) is 0.758. The van der Waals surface area contributed by atoms with Gasteiger partial charge in [0.15, 0.2) is 0 Å². The van der Waals surface area contributed by atoms with E-state index in [4.69, 9.17) is 5.26 Å². The van der Waals surface area contributed by atoms with Gasteiger partial charge < -0.3 is 0 Å². The van der Waals surface area contributed by atoms with Gasteiger partial charge >= 0.3 is 0 Å². The van der Waals surface area contributed by atoms with Crippen LogP contribution in [0.4, 0.5) is 0 Å². The first-order valence-corrected chi connectivity index (χ1v) is 6.85. The molecule has 0 aliphatic heterocycles. The Morgan fingerprint density at radius 3 is 2.69 bits per heavy atom. The number of thioether (sulfide) groups is 1. The summed E-state index contributed by atoms with van der Waals surface area (Å²) < 4.78 is 0. The Balaban J connectivity index is 2.13. The van der Waals surface area contributed by atoms with Crippen molar-refractivity contribution in [3.8, 4) is 6.07 Å². The lowest BCUT2D eigenvalue weighted by atomic mass is 10.0. The first kappa shape index (κ1) is 11.5. The summed E-state index contributed by atoms with van der Waals surface area (Å²) in [6, 6.07) is 8.40. The van der Waals surface area contributed by atoms with Crippen LogP contribution >= 0.6 is 11.8 Å². The molecule has 1 aromatic rings. The van der Waals surface area contributed by atoms with Crippen LogP contribution in [0.3, 0.4) is 0 Å². The van der Waals surface area contributed by atoms with E-state index in [0.717, 1.165) is 10.8 Å². The predicted octanol–water partition coefficient (Wildman–Crippen LogP) is 4.29. The lowest BCUT2D eigenvalue weighted by molar-refractivity contribution is 0.516. The molecule has 1 fully saturated rings. The molecule has 0 heterocycles. The zero-order valence-electron chi connectivity index (χ0n) is 9.70. The molecule has 0 amide bonds. The van der Waals surface area contributed by atoms with E-state index >= 15 is 0 Å². The third-order valence-electron chi connectivity index (χ3n) is 3.10. The standard InChI is InChI=1S/C14H17NS/c1-11-7-8-12(10-15)14(9-11)16-13-5-3-2-4-6-13/h7-9,13H,2-6H2,1H3. The summed E-state index contributed by atoms with van der Waals surface area (Å²) in [5.74, 6) is 0. The molecule has 0 radical (unpaired) electrons. The molecule has 0 spiro atoms. The topological polar surface area (TPSA) is 23.8 Å². The van der Waals surface area contributed by atoms with E-state index in [1.807, 2.05) is 23.9 Å². The monoisotopic (exact) mass is 231 g/mol. The van der Waals surface area contributed by atoms with Crippen LogP contribution in [0, 0.1) is 18.3 Å². The van der Waals surface area contributed by atoms with Gasteiger partial charge in [-0.2, -0.15) is 5.26 Å². The summed E-state index contributed by atoms with van der Waals surface area (Å²) in [5.41, 5.74) is 2.08. The summed E-state index contributed by atoms with van der Waals surface area (Å²) >= 11 is 1.91. The number of rotatable bonds is 2. The zero-order chi connectivity index (χ0) is 11.4. The SMILES string of the molecule is Cc1ccc(C#N)c(SC2CCCCC2)c1. The van der Waals surface area contributed by atoms with Gasteiger partial charge in [-0.15, -0.1) is 11.8 Å². The number of nitriles is 1. The number of benzene rings is 1. The maximum atomic E-state index is 9.08. The Labute approximate surface area is 102 Å². The van der Waals surface area contributed by atoms with E-state index in [-0.39, 0.29) is 0 Å². The molecule has 2 rings (SSSR count). The molecule has 0 saturated heterocycles. The fraction of sp³-hybridized carbons (Fsp3) is 0.500. The molecular weight excluding hydrogens is 214 g/mol. The highest BCUT2D eigenvalue weighted by atomic mass is 32.2. The molecule has 0 aromatic heterocycles. The molecule has 0 atom stereocenters. The van der Waals surface area contributed by atoms with Crippen LogP contribution in [0.2, 0.25) is 0 Å². The number of hydrogen-bond acceptors (Lipinski definition) is 2. The van der Waals surface area contributed by atoms with Gasteiger partial charge in [0.1, 0.15) is 6.07 Å². The van der Waals surface area contributed by atoms with E-state index < -0.39 is 0 Å². The van der Waals surface area contributed by atoms with Gasteiger partial charge in [0.2, 0.25) is 0 Å². The van der Waals surface area contributed by atoms with Gasteiger partial charge in [0, 0.05) is 10.1 Å². The van der Waals surface area contributed by atoms with E-state index in [1.165, 1.54) is 42.6 Å². The van der Waals surface area contributed by atoms with Crippen molar-refractivity contribution in [3.63, 3.8) is 0 Å². The smallest absolute Gasteiger partial charge is 0.100 e. The van der Waals surface area contributed by atoms with Crippen LogP contribution in [0.25, 0.3) is 0 Å². The van der Waals surface area contributed by atoms with E-state index in [0.29, 0.717) is 0 Å². The Kier molecular flexibility index (Phi) is 3.90. The number of aryl methyl sites for hydroxylation is 1. The van der Waals surface area contributed by atoms with Crippen molar-refractivity contribution in [2.45, 2.75) is 49.2 Å². The Bertz CT molecular complexity index is 400. The molecule has 2 heteroatoms. The highest BCUT2D eigenvalue weighted by Gasteiger charge is 2.16. The van der Waals surface area contributed by atoms with Crippen molar-refractivity contribution in [3.05, 3.63) is 29.3 Å². The minimum absolute atomic E-state index is 0.725. The number of hydrogen-bond donors (Lipinski definition) is 0. The molecule has 1 aliphatic carbocycles. The Morgan fingerprint density at radius 1 is 1.25 bits per heavy atom. The molecule has 1 nitrogen and oxygen atoms in total. The van der Waals surface area contributed by atoms with Gasteiger partial charge in [-0.25, -0.2) is 0 Å². The van der Waals surface area contributed by atoms with Crippen molar-refractivity contribution in [2.75, 3.05) is 0 Å². The van der Waals surface area contributed by atoms with Gasteiger partial charge in [-0.3, -0.25) is 0 Å². The zero-order valence-corrected chi connectivity index (χ0v) is 10.5. The average molecular weight is 231 g/mol. The first-order valence-electron chi connectivity index (χ1n) is 5.97. The lowest BCUT2D eigenvalue weighted by Crippen LogP contribution is -2.08. The molecule has 16 heavy (non-hydrogen) atoms. The van der Waals surface area contributed by atoms with Crippen LogP contribution < -0.4 is 0 Å². The summed E-state index contributed by atoms with van der Waals surface area (Å²) in [7, 11) is 0. The molecule has 0 N–H and O–H groups in total. The van der Waals surface area contributed by atoms with Gasteiger partial charge in [-0.05, 0) is 37.5 Å². The molecular formula is C14H17NS. The normalized spacial score (nSPS) is 17.0. The van der Waals surface area contributed by atoms with Gasteiger partial charge in [0.05, 0.1) is 5.56 Å². The highest BCUT2D eigenvalue weighted by molar-refractivity contribution is 8.00. The summed E-state index contributed by atoms with van der Waals surface area (Å²) in [6.45, 7) is 2.09. The van der Waals surface area contributed by atoms with Gasteiger partial charge in [0.25, 0.3) is 0 Å². The average Bonchev–Trinajstić information content (AvgIpc) is 2.31. The Morgan fingerprint density at radius 2 is 2.00 bits per heavy atom. The fourth-order valence-corrected chi connectivity index (χ4v) is 3.60. The predicted molar refractivity (Wildman–Crippen MR) is 68.6 cm³/mol. The van der Waals surface area contributed by atoms with Crippen LogP contribution in [0.1, 0.15) is 43.2 Å². The number of nitrogens with zero attached hydrogens (tertiary/aromatic N) is 1. The minimum Gasteiger partial charge on any atom is -0.192 e. The van der Waals surface area contributed by atoms with Crippen molar-refractivity contribution in [1.29, 1.82) is 5.26 Å².